The summed E-state index contributed by atoms with van der Waals surface area (Å²) in [5.74, 6) is 0. The Bertz CT molecular complexity index is 415. The smallest absolute Gasteiger partial charge is 0.336 e. The molecule has 7 heteroatoms. The van der Waals surface area contributed by atoms with Crippen LogP contribution in [0.4, 0.5) is 4.32 Å². The van der Waals surface area contributed by atoms with E-state index in [1.807, 2.05) is 27.7 Å². The zero-order valence-electron chi connectivity index (χ0n) is 17.8. The van der Waals surface area contributed by atoms with Crippen LogP contribution < -0.4 is 0 Å². The Morgan fingerprint density at radius 2 is 1.22 bits per heavy atom. The summed E-state index contributed by atoms with van der Waals surface area (Å²) in [6.45, 7) is 27.8. The standard InChI is InChI=1S/C16H39BFN3Si2/c1-14(15(2,3)4)19-20(16(5,6)7)17(18)21(22(8,9)10)23(11,12)13/h1-13H3/b19-14+. The number of rotatable bonds is 5. The van der Waals surface area contributed by atoms with Crippen LogP contribution in [-0.4, -0.2) is 44.0 Å². The van der Waals surface area contributed by atoms with Gasteiger partial charge in [0.05, 0.1) is 0 Å². The molecule has 0 atom stereocenters. The number of hydrazone groups is 1. The van der Waals surface area contributed by atoms with Crippen molar-refractivity contribution in [2.24, 2.45) is 10.5 Å². The highest BCUT2D eigenvalue weighted by Crippen LogP contribution is 2.28. The monoisotopic (exact) mass is 359 g/mol. The van der Waals surface area contributed by atoms with E-state index in [2.05, 4.69) is 64.2 Å². The van der Waals surface area contributed by atoms with Gasteiger partial charge >= 0.3 is 7.26 Å². The van der Waals surface area contributed by atoms with Gasteiger partial charge in [0.1, 0.15) is 16.5 Å². The van der Waals surface area contributed by atoms with Crippen molar-refractivity contribution >= 4 is 29.4 Å². The molecule has 0 amide bonds. The van der Waals surface area contributed by atoms with Crippen LogP contribution in [0.2, 0.25) is 39.3 Å². The molecule has 0 aliphatic carbocycles. The van der Waals surface area contributed by atoms with Gasteiger partial charge in [0.15, 0.2) is 0 Å². The van der Waals surface area contributed by atoms with Crippen molar-refractivity contribution in [3.8, 4) is 0 Å². The molecule has 0 unspecified atom stereocenters. The van der Waals surface area contributed by atoms with Crippen molar-refractivity contribution in [1.82, 2.24) is 9.06 Å². The molecule has 0 aliphatic heterocycles. The molecule has 0 saturated carbocycles. The molecule has 0 rings (SSSR count). The number of nitrogens with zero attached hydrogens (tertiary/aromatic N) is 3. The largest absolute Gasteiger partial charge is 0.556 e. The van der Waals surface area contributed by atoms with Crippen molar-refractivity contribution in [3.05, 3.63) is 0 Å². The maximum Gasteiger partial charge on any atom is 0.556 e. The van der Waals surface area contributed by atoms with Crippen molar-refractivity contribution in [1.29, 1.82) is 0 Å². The highest BCUT2D eigenvalue weighted by atomic mass is 28.4. The Balaban J connectivity index is 6.02. The third kappa shape index (κ3) is 6.70. The first-order valence-electron chi connectivity index (χ1n) is 8.58. The van der Waals surface area contributed by atoms with Gasteiger partial charge in [-0.05, 0) is 27.7 Å². The fourth-order valence-electron chi connectivity index (χ4n) is 2.58. The summed E-state index contributed by atoms with van der Waals surface area (Å²) in [5, 5.41) is 4.74. The van der Waals surface area contributed by atoms with Crippen molar-refractivity contribution in [2.45, 2.75) is 93.3 Å². The molecule has 0 aliphatic rings. The molecule has 0 aromatic heterocycles. The molecular weight excluding hydrogens is 320 g/mol. The summed E-state index contributed by atoms with van der Waals surface area (Å²) >= 11 is 0. The van der Waals surface area contributed by atoms with Crippen molar-refractivity contribution in [2.75, 3.05) is 0 Å². The zero-order valence-corrected chi connectivity index (χ0v) is 19.8. The molecule has 0 spiro atoms. The first-order valence-corrected chi connectivity index (χ1v) is 15.5. The molecular formula is C16H39BFN3Si2. The van der Waals surface area contributed by atoms with Crippen LogP contribution in [0.15, 0.2) is 5.10 Å². The van der Waals surface area contributed by atoms with E-state index in [-0.39, 0.29) is 11.0 Å². The third-order valence-corrected chi connectivity index (χ3v) is 11.2. The van der Waals surface area contributed by atoms with Gasteiger partial charge in [-0.1, -0.05) is 60.1 Å². The van der Waals surface area contributed by atoms with E-state index < -0.39 is 23.7 Å². The predicted molar refractivity (Wildman–Crippen MR) is 110 cm³/mol. The Kier molecular flexibility index (Phi) is 6.96. The van der Waals surface area contributed by atoms with E-state index in [4.69, 9.17) is 5.10 Å². The predicted octanol–water partition coefficient (Wildman–Crippen LogP) is 5.44. The Morgan fingerprint density at radius 1 is 0.870 bits per heavy atom. The molecule has 0 saturated heterocycles. The second-order valence-corrected chi connectivity index (χ2v) is 20.6. The van der Waals surface area contributed by atoms with E-state index in [0.29, 0.717) is 0 Å². The topological polar surface area (TPSA) is 18.8 Å². The maximum absolute atomic E-state index is 15.8. The number of hydrogen-bond acceptors (Lipinski definition) is 3. The Hall–Kier alpha value is -0.141. The van der Waals surface area contributed by atoms with Gasteiger partial charge in [-0.15, -0.1) is 0 Å². The average molecular weight is 359 g/mol. The molecule has 0 heterocycles. The van der Waals surface area contributed by atoms with Crippen LogP contribution >= 0.6 is 0 Å². The lowest BCUT2D eigenvalue weighted by Gasteiger charge is -2.48. The highest BCUT2D eigenvalue weighted by Gasteiger charge is 2.48. The fraction of sp³-hybridized carbons (Fsp3) is 0.938. The van der Waals surface area contributed by atoms with E-state index in [1.165, 1.54) is 0 Å². The molecule has 23 heavy (non-hydrogen) atoms. The highest BCUT2D eigenvalue weighted by molar-refractivity contribution is 6.97. The van der Waals surface area contributed by atoms with Gasteiger partial charge in [0.2, 0.25) is 0 Å². The quantitative estimate of drug-likeness (QED) is 0.370. The van der Waals surface area contributed by atoms with Gasteiger partial charge in [-0.25, -0.2) is 0 Å². The maximum atomic E-state index is 15.8. The van der Waals surface area contributed by atoms with Crippen molar-refractivity contribution < 1.29 is 4.32 Å². The number of halogens is 1. The summed E-state index contributed by atoms with van der Waals surface area (Å²) in [6.07, 6.45) is 0. The first-order chi connectivity index (χ1) is 9.79. The van der Waals surface area contributed by atoms with Crippen LogP contribution in [0.25, 0.3) is 0 Å². The zero-order chi connectivity index (χ0) is 19.0. The molecule has 0 fully saturated rings. The lowest BCUT2D eigenvalue weighted by molar-refractivity contribution is 0.227. The second-order valence-electron chi connectivity index (χ2n) is 10.5. The normalized spacial score (nSPS) is 15.2. The average Bonchev–Trinajstić information content (AvgIpc) is 2.17. The molecule has 0 aromatic rings. The SMILES string of the molecule is C/C(=N\N(B(F)N([Si](C)(C)C)[Si](C)(C)C)C(C)(C)C)C(C)(C)C. The summed E-state index contributed by atoms with van der Waals surface area (Å²) in [7, 11) is -4.80. The fourth-order valence-corrected chi connectivity index (χ4v) is 12.1. The third-order valence-electron chi connectivity index (χ3n) is 3.89. The summed E-state index contributed by atoms with van der Waals surface area (Å²) in [6, 6.07) is 0. The van der Waals surface area contributed by atoms with Gasteiger partial charge in [-0.3, -0.25) is 9.24 Å². The van der Waals surface area contributed by atoms with Crippen LogP contribution in [0, 0.1) is 5.41 Å². The van der Waals surface area contributed by atoms with E-state index >= 15 is 4.32 Å². The van der Waals surface area contributed by atoms with Crippen molar-refractivity contribution in [3.63, 3.8) is 0 Å². The van der Waals surface area contributed by atoms with Crippen LogP contribution in [0.1, 0.15) is 48.5 Å². The van der Waals surface area contributed by atoms with Crippen LogP contribution in [0.5, 0.6) is 0 Å². The second kappa shape index (κ2) is 7.00. The molecule has 0 bridgehead atoms. The Morgan fingerprint density at radius 3 is 1.43 bits per heavy atom. The summed E-state index contributed by atoms with van der Waals surface area (Å²) in [5.41, 5.74) is 0.525. The lowest BCUT2D eigenvalue weighted by Crippen LogP contribution is -2.69. The lowest BCUT2D eigenvalue weighted by atomic mass is 9.90. The minimum atomic E-state index is -1.81. The van der Waals surface area contributed by atoms with Crippen LogP contribution in [0.3, 0.4) is 0 Å². The van der Waals surface area contributed by atoms with Gasteiger partial charge in [0.25, 0.3) is 0 Å². The van der Waals surface area contributed by atoms with Gasteiger partial charge in [0, 0.05) is 16.7 Å². The van der Waals surface area contributed by atoms with Crippen LogP contribution in [-0.2, 0) is 0 Å². The molecule has 0 radical (unpaired) electrons. The van der Waals surface area contributed by atoms with E-state index in [0.717, 1.165) is 5.71 Å². The minimum absolute atomic E-state index is 0.0631. The van der Waals surface area contributed by atoms with E-state index in [9.17, 15) is 0 Å². The summed E-state index contributed by atoms with van der Waals surface area (Å²) < 4.78 is 18.0. The Labute approximate surface area is 147 Å². The van der Waals surface area contributed by atoms with Gasteiger partial charge in [-0.2, -0.15) is 5.10 Å². The molecule has 136 valence electrons. The molecule has 0 aromatic carbocycles. The molecule has 3 nitrogen and oxygen atoms in total. The minimum Gasteiger partial charge on any atom is -0.336 e. The number of hydrogen-bond donors (Lipinski definition) is 0. The van der Waals surface area contributed by atoms with Gasteiger partial charge < -0.3 is 4.14 Å². The first kappa shape index (κ1) is 22.9. The molecule has 0 N–H and O–H groups in total. The van der Waals surface area contributed by atoms with E-state index in [1.54, 1.807) is 4.92 Å². The summed E-state index contributed by atoms with van der Waals surface area (Å²) in [4.78, 5) is 1.68.